The maximum absolute atomic E-state index is 12.4. The zero-order valence-electron chi connectivity index (χ0n) is 18.2. The van der Waals surface area contributed by atoms with Crippen LogP contribution < -0.4 is 14.8 Å². The van der Waals surface area contributed by atoms with E-state index in [0.29, 0.717) is 43.4 Å². The second-order valence-electron chi connectivity index (χ2n) is 7.21. The van der Waals surface area contributed by atoms with Crippen molar-refractivity contribution >= 4 is 23.6 Å². The molecule has 170 valence electrons. The molecule has 0 aromatic heterocycles. The molecule has 1 aliphatic heterocycles. The van der Waals surface area contributed by atoms with Crippen molar-refractivity contribution in [2.45, 2.75) is 13.0 Å². The summed E-state index contributed by atoms with van der Waals surface area (Å²) in [4.78, 5) is 40.1. The summed E-state index contributed by atoms with van der Waals surface area (Å²) in [5.74, 6) is 0.232. The number of hydrogen-bond acceptors (Lipinski definition) is 6. The summed E-state index contributed by atoms with van der Waals surface area (Å²) in [7, 11) is 1.56. The van der Waals surface area contributed by atoms with Gasteiger partial charge in [-0.2, -0.15) is 0 Å². The van der Waals surface area contributed by atoms with Gasteiger partial charge in [0, 0.05) is 31.9 Å². The normalized spacial score (nSPS) is 14.3. The monoisotopic (exact) mass is 441 g/mol. The summed E-state index contributed by atoms with van der Waals surface area (Å²) in [6.07, 6.45) is -0.866. The van der Waals surface area contributed by atoms with Crippen molar-refractivity contribution in [2.24, 2.45) is 0 Å². The van der Waals surface area contributed by atoms with Crippen LogP contribution in [0.3, 0.4) is 0 Å². The number of para-hydroxylation sites is 1. The summed E-state index contributed by atoms with van der Waals surface area (Å²) in [5.41, 5.74) is 0.717. The first-order chi connectivity index (χ1) is 15.5. The van der Waals surface area contributed by atoms with Crippen molar-refractivity contribution < 1.29 is 28.6 Å². The van der Waals surface area contributed by atoms with Crippen LogP contribution in [0.25, 0.3) is 0 Å². The summed E-state index contributed by atoms with van der Waals surface area (Å²) in [6, 6.07) is 15.8. The molecule has 0 bridgehead atoms. The molecule has 2 aromatic rings. The van der Waals surface area contributed by atoms with E-state index in [0.717, 1.165) is 0 Å². The SMILES string of the molecule is COc1ccc(OC(C)C(=O)OCC(=O)N2CCN(C(=O)Nc3ccccc3)CC2)cc1. The van der Waals surface area contributed by atoms with Crippen molar-refractivity contribution in [3.05, 3.63) is 54.6 Å². The molecule has 0 radical (unpaired) electrons. The predicted molar refractivity (Wildman–Crippen MR) is 118 cm³/mol. The Morgan fingerprint density at radius 2 is 1.50 bits per heavy atom. The third-order valence-electron chi connectivity index (χ3n) is 4.99. The number of piperazine rings is 1. The van der Waals surface area contributed by atoms with Gasteiger partial charge in [-0.3, -0.25) is 4.79 Å². The number of methoxy groups -OCH3 is 1. The van der Waals surface area contributed by atoms with Crippen LogP contribution >= 0.6 is 0 Å². The van der Waals surface area contributed by atoms with E-state index in [1.807, 2.05) is 30.3 Å². The highest BCUT2D eigenvalue weighted by Crippen LogP contribution is 2.18. The van der Waals surface area contributed by atoms with E-state index in [-0.39, 0.29) is 18.5 Å². The van der Waals surface area contributed by atoms with Gasteiger partial charge in [0.2, 0.25) is 0 Å². The minimum atomic E-state index is -0.866. The summed E-state index contributed by atoms with van der Waals surface area (Å²) in [5, 5.41) is 2.83. The van der Waals surface area contributed by atoms with Crippen molar-refractivity contribution in [2.75, 3.05) is 45.2 Å². The number of benzene rings is 2. The second kappa shape index (κ2) is 11.0. The number of rotatable bonds is 7. The molecular weight excluding hydrogens is 414 g/mol. The van der Waals surface area contributed by atoms with E-state index in [4.69, 9.17) is 14.2 Å². The van der Waals surface area contributed by atoms with Crippen LogP contribution in [0.2, 0.25) is 0 Å². The van der Waals surface area contributed by atoms with E-state index < -0.39 is 12.1 Å². The van der Waals surface area contributed by atoms with Gasteiger partial charge >= 0.3 is 12.0 Å². The summed E-state index contributed by atoms with van der Waals surface area (Å²) < 4.78 is 15.7. The van der Waals surface area contributed by atoms with Crippen molar-refractivity contribution in [1.29, 1.82) is 0 Å². The molecule has 9 heteroatoms. The fourth-order valence-electron chi connectivity index (χ4n) is 3.13. The lowest BCUT2D eigenvalue weighted by molar-refractivity contribution is -0.157. The molecular formula is C23H27N3O6. The lowest BCUT2D eigenvalue weighted by Crippen LogP contribution is -2.52. The molecule has 1 saturated heterocycles. The van der Waals surface area contributed by atoms with Gasteiger partial charge in [-0.25, -0.2) is 9.59 Å². The van der Waals surface area contributed by atoms with Crippen LogP contribution in [0.5, 0.6) is 11.5 Å². The Morgan fingerprint density at radius 1 is 0.906 bits per heavy atom. The fourth-order valence-corrected chi connectivity index (χ4v) is 3.13. The molecule has 9 nitrogen and oxygen atoms in total. The maximum atomic E-state index is 12.4. The average Bonchev–Trinajstić information content (AvgIpc) is 2.83. The second-order valence-corrected chi connectivity index (χ2v) is 7.21. The maximum Gasteiger partial charge on any atom is 0.347 e. The lowest BCUT2D eigenvalue weighted by Gasteiger charge is -2.34. The number of esters is 1. The number of nitrogens with zero attached hydrogens (tertiary/aromatic N) is 2. The minimum absolute atomic E-state index is 0.209. The van der Waals surface area contributed by atoms with Gasteiger partial charge in [0.15, 0.2) is 12.7 Å². The summed E-state index contributed by atoms with van der Waals surface area (Å²) >= 11 is 0. The average molecular weight is 441 g/mol. The smallest absolute Gasteiger partial charge is 0.347 e. The standard InChI is InChI=1S/C23H27N3O6/c1-17(32-20-10-8-19(30-2)9-11-20)22(28)31-16-21(27)25-12-14-26(15-13-25)23(29)24-18-6-4-3-5-7-18/h3-11,17H,12-16H2,1-2H3,(H,24,29). The zero-order chi connectivity index (χ0) is 22.9. The van der Waals surface area contributed by atoms with Gasteiger partial charge in [0.1, 0.15) is 11.5 Å². The number of ether oxygens (including phenoxy) is 3. The zero-order valence-corrected chi connectivity index (χ0v) is 18.2. The Morgan fingerprint density at radius 3 is 2.12 bits per heavy atom. The van der Waals surface area contributed by atoms with Crippen molar-refractivity contribution in [3.8, 4) is 11.5 Å². The number of anilines is 1. The Hall–Kier alpha value is -3.75. The van der Waals surface area contributed by atoms with E-state index in [9.17, 15) is 14.4 Å². The van der Waals surface area contributed by atoms with Gasteiger partial charge in [-0.1, -0.05) is 18.2 Å². The molecule has 1 fully saturated rings. The third kappa shape index (κ3) is 6.37. The molecule has 1 N–H and O–H groups in total. The molecule has 1 atom stereocenters. The molecule has 1 unspecified atom stereocenters. The Kier molecular flexibility index (Phi) is 7.91. The highest BCUT2D eigenvalue weighted by Gasteiger charge is 2.26. The van der Waals surface area contributed by atoms with Crippen LogP contribution in [-0.2, 0) is 14.3 Å². The highest BCUT2D eigenvalue weighted by atomic mass is 16.6. The first-order valence-corrected chi connectivity index (χ1v) is 10.3. The molecule has 1 heterocycles. The minimum Gasteiger partial charge on any atom is -0.497 e. The van der Waals surface area contributed by atoms with Gasteiger partial charge in [0.05, 0.1) is 7.11 Å². The number of urea groups is 1. The van der Waals surface area contributed by atoms with Gasteiger partial charge in [-0.15, -0.1) is 0 Å². The van der Waals surface area contributed by atoms with E-state index >= 15 is 0 Å². The molecule has 0 aliphatic carbocycles. The van der Waals surface area contributed by atoms with E-state index in [2.05, 4.69) is 5.32 Å². The van der Waals surface area contributed by atoms with E-state index in [1.165, 1.54) is 0 Å². The van der Waals surface area contributed by atoms with Gasteiger partial charge in [0.25, 0.3) is 5.91 Å². The first-order valence-electron chi connectivity index (χ1n) is 10.3. The Labute approximate surface area is 186 Å². The van der Waals surface area contributed by atoms with Crippen molar-refractivity contribution in [3.63, 3.8) is 0 Å². The number of hydrogen-bond donors (Lipinski definition) is 1. The fraction of sp³-hybridized carbons (Fsp3) is 0.348. The van der Waals surface area contributed by atoms with Gasteiger partial charge < -0.3 is 29.3 Å². The van der Waals surface area contributed by atoms with Crippen LogP contribution in [0.4, 0.5) is 10.5 Å². The topological polar surface area (TPSA) is 97.4 Å². The molecule has 0 spiro atoms. The Bertz CT molecular complexity index is 911. The van der Waals surface area contributed by atoms with E-state index in [1.54, 1.807) is 48.1 Å². The molecule has 3 amide bonds. The molecule has 1 aliphatic rings. The molecule has 32 heavy (non-hydrogen) atoms. The van der Waals surface area contributed by atoms with Crippen LogP contribution in [0, 0.1) is 0 Å². The molecule has 2 aromatic carbocycles. The predicted octanol–water partition coefficient (Wildman–Crippen LogP) is 2.38. The van der Waals surface area contributed by atoms with Crippen LogP contribution in [0.15, 0.2) is 54.6 Å². The largest absolute Gasteiger partial charge is 0.497 e. The molecule has 3 rings (SSSR count). The number of amides is 3. The quantitative estimate of drug-likeness (QED) is 0.663. The van der Waals surface area contributed by atoms with Gasteiger partial charge in [-0.05, 0) is 43.3 Å². The highest BCUT2D eigenvalue weighted by molar-refractivity contribution is 5.89. The molecule has 0 saturated carbocycles. The lowest BCUT2D eigenvalue weighted by atomic mass is 10.3. The van der Waals surface area contributed by atoms with Crippen LogP contribution in [-0.4, -0.2) is 73.7 Å². The Balaban J connectivity index is 1.38. The number of carbonyl (C=O) groups excluding carboxylic acids is 3. The summed E-state index contributed by atoms with van der Waals surface area (Å²) in [6.45, 7) is 2.73. The number of carbonyl (C=O) groups is 3. The first kappa shape index (κ1) is 22.9. The van der Waals surface area contributed by atoms with Crippen molar-refractivity contribution in [1.82, 2.24) is 9.80 Å². The third-order valence-corrected chi connectivity index (χ3v) is 4.99. The van der Waals surface area contributed by atoms with Crippen LogP contribution in [0.1, 0.15) is 6.92 Å². The number of nitrogens with one attached hydrogen (secondary N) is 1.